The van der Waals surface area contributed by atoms with Gasteiger partial charge in [0.2, 0.25) is 5.91 Å². The summed E-state index contributed by atoms with van der Waals surface area (Å²) in [5.41, 5.74) is 13.8. The summed E-state index contributed by atoms with van der Waals surface area (Å²) in [4.78, 5) is 31.3. The Labute approximate surface area is 266 Å². The van der Waals surface area contributed by atoms with Gasteiger partial charge in [0.05, 0.1) is 23.3 Å². The van der Waals surface area contributed by atoms with Gasteiger partial charge in [-0.2, -0.15) is 0 Å². The molecular weight excluding hydrogens is 558 g/mol. The first-order valence-corrected chi connectivity index (χ1v) is 16.5. The molecule has 1 amide bonds. The maximum absolute atomic E-state index is 15.1. The van der Waals surface area contributed by atoms with Crippen molar-refractivity contribution in [2.75, 3.05) is 18.0 Å². The number of amides is 1. The van der Waals surface area contributed by atoms with E-state index >= 15 is 4.79 Å². The van der Waals surface area contributed by atoms with Gasteiger partial charge in [0.1, 0.15) is 11.5 Å². The fourth-order valence-corrected chi connectivity index (χ4v) is 6.91. The second kappa shape index (κ2) is 13.7. The smallest absolute Gasteiger partial charge is 0.232 e. The SMILES string of the molecule is CCCCc1c(C(=O)c2ccccc2Oc2ccccc2)c(N2CCCCC2N)cc2c1C(C(=O)NCCC)c1ccccc1-2. The Kier molecular flexibility index (Phi) is 9.31. The number of carbonyl (C=O) groups excluding carboxylic acids is 2. The molecule has 6 nitrogen and oxygen atoms in total. The number of fused-ring (bicyclic) bond motifs is 3. The zero-order chi connectivity index (χ0) is 31.3. The zero-order valence-electron chi connectivity index (χ0n) is 26.4. The predicted molar refractivity (Wildman–Crippen MR) is 181 cm³/mol. The fourth-order valence-electron chi connectivity index (χ4n) is 6.91. The highest BCUT2D eigenvalue weighted by atomic mass is 16.5. The standard InChI is InChI=1S/C39H43N3O3/c1-3-5-17-30-35-31(27-18-9-10-19-28(27)37(35)39(44)41-23-4-2)25-32(42-24-14-13-22-34(42)40)36(30)38(43)29-20-11-12-21-33(29)45-26-15-7-6-8-16-26/h6-12,15-16,18-21,25,34,37H,3-5,13-14,17,22-24,40H2,1-2H3,(H,41,44). The van der Waals surface area contributed by atoms with Crippen LogP contribution in [-0.2, 0) is 11.2 Å². The third-order valence-corrected chi connectivity index (χ3v) is 9.09. The van der Waals surface area contributed by atoms with E-state index < -0.39 is 5.92 Å². The largest absolute Gasteiger partial charge is 0.457 e. The highest BCUT2D eigenvalue weighted by molar-refractivity contribution is 6.16. The average Bonchev–Trinajstić information content (AvgIpc) is 3.41. The lowest BCUT2D eigenvalue weighted by Crippen LogP contribution is -2.46. The number of nitrogens with two attached hydrogens (primary N) is 1. The molecule has 6 rings (SSSR count). The summed E-state index contributed by atoms with van der Waals surface area (Å²) < 4.78 is 6.30. The van der Waals surface area contributed by atoms with Crippen LogP contribution >= 0.6 is 0 Å². The van der Waals surface area contributed by atoms with Crippen LogP contribution in [0.3, 0.4) is 0 Å². The second-order valence-electron chi connectivity index (χ2n) is 12.1. The van der Waals surface area contributed by atoms with Crippen LogP contribution in [0, 0.1) is 0 Å². The Balaban J connectivity index is 1.60. The number of benzene rings is 4. The van der Waals surface area contributed by atoms with Crippen LogP contribution in [0.25, 0.3) is 11.1 Å². The molecule has 4 aromatic rings. The molecule has 0 saturated carbocycles. The van der Waals surface area contributed by atoms with E-state index in [9.17, 15) is 4.79 Å². The first kappa shape index (κ1) is 30.6. The lowest BCUT2D eigenvalue weighted by molar-refractivity contribution is -0.121. The van der Waals surface area contributed by atoms with Crippen LogP contribution in [0.5, 0.6) is 11.5 Å². The van der Waals surface area contributed by atoms with Crippen molar-refractivity contribution in [2.45, 2.75) is 70.9 Å². The van der Waals surface area contributed by atoms with E-state index in [2.05, 4.69) is 42.3 Å². The van der Waals surface area contributed by atoms with Crippen LogP contribution in [0.15, 0.2) is 84.9 Å². The summed E-state index contributed by atoms with van der Waals surface area (Å²) in [6, 6.07) is 27.4. The predicted octanol–water partition coefficient (Wildman–Crippen LogP) is 7.97. The first-order chi connectivity index (χ1) is 22.0. The van der Waals surface area contributed by atoms with Gasteiger partial charge >= 0.3 is 0 Å². The van der Waals surface area contributed by atoms with Gasteiger partial charge in [-0.1, -0.05) is 74.9 Å². The van der Waals surface area contributed by atoms with Gasteiger partial charge in [-0.05, 0) is 96.7 Å². The summed E-state index contributed by atoms with van der Waals surface area (Å²) >= 11 is 0. The topological polar surface area (TPSA) is 84.7 Å². The fraction of sp³-hybridized carbons (Fsp3) is 0.333. The number of anilines is 1. The van der Waals surface area contributed by atoms with Crippen LogP contribution < -0.4 is 20.7 Å². The van der Waals surface area contributed by atoms with Crippen molar-refractivity contribution in [3.63, 3.8) is 0 Å². The van der Waals surface area contributed by atoms with Crippen molar-refractivity contribution in [1.82, 2.24) is 5.32 Å². The number of unbranched alkanes of at least 4 members (excludes halogenated alkanes) is 1. The molecule has 2 unspecified atom stereocenters. The molecule has 45 heavy (non-hydrogen) atoms. The molecule has 0 radical (unpaired) electrons. The van der Waals surface area contributed by atoms with Crippen LogP contribution in [0.2, 0.25) is 0 Å². The number of nitrogens with zero attached hydrogens (tertiary/aromatic N) is 1. The number of nitrogens with one attached hydrogen (secondary N) is 1. The van der Waals surface area contributed by atoms with E-state index in [-0.39, 0.29) is 17.9 Å². The Morgan fingerprint density at radius 1 is 0.911 bits per heavy atom. The summed E-state index contributed by atoms with van der Waals surface area (Å²) in [6.45, 7) is 5.60. The van der Waals surface area contributed by atoms with Crippen molar-refractivity contribution in [3.8, 4) is 22.6 Å². The molecule has 2 atom stereocenters. The van der Waals surface area contributed by atoms with Gasteiger partial charge < -0.3 is 20.7 Å². The van der Waals surface area contributed by atoms with E-state index in [0.717, 1.165) is 78.6 Å². The second-order valence-corrected chi connectivity index (χ2v) is 12.1. The Hall–Kier alpha value is -4.42. The summed E-state index contributed by atoms with van der Waals surface area (Å²) in [5.74, 6) is 0.562. The molecule has 1 heterocycles. The number of ketones is 1. The van der Waals surface area contributed by atoms with Crippen molar-refractivity contribution in [2.24, 2.45) is 5.73 Å². The molecule has 1 saturated heterocycles. The summed E-state index contributed by atoms with van der Waals surface area (Å²) in [7, 11) is 0. The molecule has 232 valence electrons. The monoisotopic (exact) mass is 601 g/mol. The summed E-state index contributed by atoms with van der Waals surface area (Å²) in [6.07, 6.45) is 6.13. The van der Waals surface area contributed by atoms with Crippen molar-refractivity contribution in [1.29, 1.82) is 0 Å². The minimum atomic E-state index is -0.485. The maximum Gasteiger partial charge on any atom is 0.232 e. The zero-order valence-corrected chi connectivity index (χ0v) is 26.4. The van der Waals surface area contributed by atoms with Crippen molar-refractivity contribution < 1.29 is 14.3 Å². The number of rotatable bonds is 11. The van der Waals surface area contributed by atoms with E-state index in [1.54, 1.807) is 0 Å². The molecule has 0 bridgehead atoms. The quantitative estimate of drug-likeness (QED) is 0.170. The number of para-hydroxylation sites is 2. The van der Waals surface area contributed by atoms with Gasteiger partial charge in [0.15, 0.2) is 5.78 Å². The summed E-state index contributed by atoms with van der Waals surface area (Å²) in [5, 5.41) is 3.17. The average molecular weight is 602 g/mol. The third kappa shape index (κ3) is 5.99. The van der Waals surface area contributed by atoms with Crippen molar-refractivity contribution >= 4 is 17.4 Å². The maximum atomic E-state index is 15.1. The molecule has 1 aliphatic heterocycles. The molecule has 1 fully saturated rings. The molecule has 3 N–H and O–H groups in total. The van der Waals surface area contributed by atoms with Crippen LogP contribution in [0.1, 0.15) is 90.9 Å². The molecule has 2 aliphatic rings. The lowest BCUT2D eigenvalue weighted by Gasteiger charge is -2.37. The highest BCUT2D eigenvalue weighted by Crippen LogP contribution is 2.51. The number of ether oxygens (including phenoxy) is 1. The number of carbonyl (C=O) groups is 2. The molecule has 4 aromatic carbocycles. The molecule has 0 aromatic heterocycles. The lowest BCUT2D eigenvalue weighted by atomic mass is 9.83. The minimum Gasteiger partial charge on any atom is -0.457 e. The molecule has 1 aliphatic carbocycles. The number of piperidine rings is 1. The Morgan fingerprint density at radius 2 is 1.67 bits per heavy atom. The highest BCUT2D eigenvalue weighted by Gasteiger charge is 2.40. The van der Waals surface area contributed by atoms with Crippen LogP contribution in [-0.4, -0.2) is 30.9 Å². The first-order valence-electron chi connectivity index (χ1n) is 16.5. The van der Waals surface area contributed by atoms with Gasteiger partial charge in [-0.15, -0.1) is 0 Å². The van der Waals surface area contributed by atoms with E-state index in [4.69, 9.17) is 10.5 Å². The number of hydrogen-bond donors (Lipinski definition) is 2. The molecule has 6 heteroatoms. The number of hydrogen-bond acceptors (Lipinski definition) is 5. The van der Waals surface area contributed by atoms with E-state index in [0.29, 0.717) is 35.6 Å². The Morgan fingerprint density at radius 3 is 2.44 bits per heavy atom. The minimum absolute atomic E-state index is 0.0190. The van der Waals surface area contributed by atoms with Crippen LogP contribution in [0.4, 0.5) is 5.69 Å². The van der Waals surface area contributed by atoms with Gasteiger partial charge in [0, 0.05) is 18.7 Å². The van der Waals surface area contributed by atoms with Gasteiger partial charge in [0.25, 0.3) is 0 Å². The van der Waals surface area contributed by atoms with E-state index in [1.165, 1.54) is 0 Å². The van der Waals surface area contributed by atoms with Crippen molar-refractivity contribution in [3.05, 3.63) is 113 Å². The molecule has 0 spiro atoms. The Bertz CT molecular complexity index is 1680. The van der Waals surface area contributed by atoms with Gasteiger partial charge in [-0.3, -0.25) is 9.59 Å². The van der Waals surface area contributed by atoms with E-state index in [1.807, 2.05) is 66.7 Å². The van der Waals surface area contributed by atoms with Gasteiger partial charge in [-0.25, -0.2) is 0 Å². The normalized spacial score (nSPS) is 17.0. The molecular formula is C39H43N3O3. The third-order valence-electron chi connectivity index (χ3n) is 9.09.